The lowest BCUT2D eigenvalue weighted by atomic mass is 9.87. The molecule has 0 saturated carbocycles. The van der Waals surface area contributed by atoms with E-state index in [2.05, 4.69) is 20.6 Å². The molecule has 1 aromatic heterocycles. The molecule has 0 unspecified atom stereocenters. The molecule has 4 rings (SSSR count). The van der Waals surface area contributed by atoms with Gasteiger partial charge in [-0.25, -0.2) is 14.8 Å². The van der Waals surface area contributed by atoms with E-state index in [1.807, 2.05) is 11.0 Å². The number of amides is 4. The molecule has 3 heterocycles. The highest BCUT2D eigenvalue weighted by Crippen LogP contribution is 2.30. The van der Waals surface area contributed by atoms with Gasteiger partial charge in [0.15, 0.2) is 0 Å². The average molecular weight is 405 g/mol. The number of nitrogens with one attached hydrogen (secondary N) is 2. The van der Waals surface area contributed by atoms with Gasteiger partial charge in [-0.2, -0.15) is 5.26 Å². The summed E-state index contributed by atoms with van der Waals surface area (Å²) in [4.78, 5) is 49.1. The molecule has 0 radical (unpaired) electrons. The molecule has 10 nitrogen and oxygen atoms in total. The van der Waals surface area contributed by atoms with Crippen molar-refractivity contribution < 1.29 is 14.4 Å². The molecule has 10 heteroatoms. The van der Waals surface area contributed by atoms with E-state index < -0.39 is 23.4 Å². The molecule has 2 aliphatic rings. The van der Waals surface area contributed by atoms with Crippen LogP contribution in [0.25, 0.3) is 0 Å². The lowest BCUT2D eigenvalue weighted by molar-refractivity contribution is -0.134. The van der Waals surface area contributed by atoms with E-state index in [9.17, 15) is 14.4 Å². The quantitative estimate of drug-likeness (QED) is 0.722. The summed E-state index contributed by atoms with van der Waals surface area (Å²) in [5.74, 6) is -0.297. The van der Waals surface area contributed by atoms with Crippen LogP contribution in [0.5, 0.6) is 0 Å². The van der Waals surface area contributed by atoms with E-state index in [-0.39, 0.29) is 6.54 Å². The third-order valence-corrected chi connectivity index (χ3v) is 5.30. The lowest BCUT2D eigenvalue weighted by Gasteiger charge is -2.37. The second-order valence-electron chi connectivity index (χ2n) is 7.18. The summed E-state index contributed by atoms with van der Waals surface area (Å²) in [6, 6.07) is 9.48. The van der Waals surface area contributed by atoms with Crippen molar-refractivity contribution in [2.75, 3.05) is 29.9 Å². The zero-order chi connectivity index (χ0) is 21.1. The highest BCUT2D eigenvalue weighted by Gasteiger charge is 2.52. The highest BCUT2D eigenvalue weighted by molar-refractivity contribution is 6.10. The van der Waals surface area contributed by atoms with Crippen molar-refractivity contribution in [3.63, 3.8) is 0 Å². The Morgan fingerprint density at radius 2 is 1.83 bits per heavy atom. The normalized spacial score (nSPS) is 17.6. The molecule has 0 bridgehead atoms. The standard InChI is InChI=1S/C20H19N7O3/c21-12-14-2-4-15(5-3-14)24-16(28)13-27-17(29)20(25-19(27)30)6-10-26(11-7-20)18-22-8-1-9-23-18/h1-5,8-9H,6-7,10-11,13H2,(H,24,28)(H,25,30). The molecule has 2 saturated heterocycles. The molecule has 152 valence electrons. The number of imide groups is 1. The molecule has 1 aromatic carbocycles. The van der Waals surface area contributed by atoms with Crippen LogP contribution in [0.2, 0.25) is 0 Å². The van der Waals surface area contributed by atoms with Gasteiger partial charge in [0.2, 0.25) is 11.9 Å². The van der Waals surface area contributed by atoms with Gasteiger partial charge in [0.25, 0.3) is 5.91 Å². The van der Waals surface area contributed by atoms with E-state index in [4.69, 9.17) is 5.26 Å². The predicted octanol–water partition coefficient (Wildman–Crippen LogP) is 0.878. The minimum atomic E-state index is -1.00. The summed E-state index contributed by atoms with van der Waals surface area (Å²) < 4.78 is 0. The number of rotatable bonds is 4. The van der Waals surface area contributed by atoms with Crippen molar-refractivity contribution in [2.24, 2.45) is 0 Å². The van der Waals surface area contributed by atoms with Crippen LogP contribution < -0.4 is 15.5 Å². The summed E-state index contributed by atoms with van der Waals surface area (Å²) in [6.45, 7) is 0.653. The van der Waals surface area contributed by atoms with E-state index in [0.29, 0.717) is 43.1 Å². The molecule has 2 aliphatic heterocycles. The average Bonchev–Trinajstić information content (AvgIpc) is 2.99. The molecule has 0 aliphatic carbocycles. The largest absolute Gasteiger partial charge is 0.341 e. The van der Waals surface area contributed by atoms with Gasteiger partial charge in [0.1, 0.15) is 12.1 Å². The Morgan fingerprint density at radius 1 is 1.17 bits per heavy atom. The first-order valence-corrected chi connectivity index (χ1v) is 9.47. The number of carbonyl (C=O) groups is 3. The van der Waals surface area contributed by atoms with Crippen molar-refractivity contribution in [2.45, 2.75) is 18.4 Å². The van der Waals surface area contributed by atoms with E-state index in [1.165, 1.54) is 0 Å². The van der Waals surface area contributed by atoms with Crippen LogP contribution in [-0.4, -0.2) is 57.9 Å². The maximum absolute atomic E-state index is 13.0. The van der Waals surface area contributed by atoms with Crippen molar-refractivity contribution in [3.05, 3.63) is 48.3 Å². The highest BCUT2D eigenvalue weighted by atomic mass is 16.2. The number of hydrogen-bond donors (Lipinski definition) is 2. The van der Waals surface area contributed by atoms with E-state index >= 15 is 0 Å². The first kappa shape index (κ1) is 19.3. The van der Waals surface area contributed by atoms with Crippen molar-refractivity contribution in [3.8, 4) is 6.07 Å². The Labute approximate surface area is 172 Å². The number of piperidine rings is 1. The molecule has 1 spiro atoms. The second-order valence-corrected chi connectivity index (χ2v) is 7.18. The maximum atomic E-state index is 13.0. The fourth-order valence-electron chi connectivity index (χ4n) is 3.67. The number of aromatic nitrogens is 2. The van der Waals surface area contributed by atoms with Crippen LogP contribution in [-0.2, 0) is 9.59 Å². The van der Waals surface area contributed by atoms with Crippen molar-refractivity contribution in [1.82, 2.24) is 20.2 Å². The molecule has 2 aromatic rings. The third kappa shape index (κ3) is 3.65. The number of nitrogens with zero attached hydrogens (tertiary/aromatic N) is 5. The second kappa shape index (κ2) is 7.79. The SMILES string of the molecule is N#Cc1ccc(NC(=O)CN2C(=O)NC3(CCN(c4ncccn4)CC3)C2=O)cc1. The minimum Gasteiger partial charge on any atom is -0.341 e. The first-order chi connectivity index (χ1) is 14.5. The number of urea groups is 1. The van der Waals surface area contributed by atoms with Gasteiger partial charge in [-0.1, -0.05) is 0 Å². The first-order valence-electron chi connectivity index (χ1n) is 9.47. The Morgan fingerprint density at radius 3 is 2.47 bits per heavy atom. The molecule has 30 heavy (non-hydrogen) atoms. The van der Waals surface area contributed by atoms with Crippen molar-refractivity contribution in [1.29, 1.82) is 5.26 Å². The minimum absolute atomic E-state index is 0.377. The third-order valence-electron chi connectivity index (χ3n) is 5.30. The van der Waals surface area contributed by atoms with Crippen LogP contribution in [0, 0.1) is 11.3 Å². The van der Waals surface area contributed by atoms with Gasteiger partial charge in [0, 0.05) is 31.2 Å². The summed E-state index contributed by atoms with van der Waals surface area (Å²) in [7, 11) is 0. The number of carbonyl (C=O) groups excluding carboxylic acids is 3. The molecule has 2 fully saturated rings. The van der Waals surface area contributed by atoms with Crippen LogP contribution in [0.4, 0.5) is 16.4 Å². The zero-order valence-corrected chi connectivity index (χ0v) is 16.0. The van der Waals surface area contributed by atoms with Gasteiger partial charge < -0.3 is 15.5 Å². The van der Waals surface area contributed by atoms with Gasteiger partial charge in [-0.05, 0) is 43.2 Å². The van der Waals surface area contributed by atoms with E-state index in [0.717, 1.165) is 4.90 Å². The Balaban J connectivity index is 1.38. The number of benzene rings is 1. The summed E-state index contributed by atoms with van der Waals surface area (Å²) in [5.41, 5.74) is -0.0508. The number of nitriles is 1. The molecular formula is C20H19N7O3. The maximum Gasteiger partial charge on any atom is 0.325 e. The van der Waals surface area contributed by atoms with Crippen molar-refractivity contribution >= 4 is 29.5 Å². The number of anilines is 2. The molecule has 0 atom stereocenters. The summed E-state index contributed by atoms with van der Waals surface area (Å²) in [6.07, 6.45) is 4.12. The van der Waals surface area contributed by atoms with E-state index in [1.54, 1.807) is 42.7 Å². The van der Waals surface area contributed by atoms with Crippen LogP contribution in [0.15, 0.2) is 42.7 Å². The van der Waals surface area contributed by atoms with Gasteiger partial charge in [-0.15, -0.1) is 0 Å². The Bertz CT molecular complexity index is 1010. The lowest BCUT2D eigenvalue weighted by Crippen LogP contribution is -2.55. The smallest absolute Gasteiger partial charge is 0.325 e. The summed E-state index contributed by atoms with van der Waals surface area (Å²) in [5, 5.41) is 14.2. The fourth-order valence-corrected chi connectivity index (χ4v) is 3.67. The topological polar surface area (TPSA) is 131 Å². The molecule has 4 amide bonds. The zero-order valence-electron chi connectivity index (χ0n) is 16.0. The number of hydrogen-bond acceptors (Lipinski definition) is 7. The van der Waals surface area contributed by atoms with Gasteiger partial charge >= 0.3 is 6.03 Å². The summed E-state index contributed by atoms with van der Waals surface area (Å²) >= 11 is 0. The van der Waals surface area contributed by atoms with Crippen LogP contribution >= 0.6 is 0 Å². The molecule has 2 N–H and O–H groups in total. The van der Waals surface area contributed by atoms with Crippen LogP contribution in [0.3, 0.4) is 0 Å². The predicted molar refractivity (Wildman–Crippen MR) is 106 cm³/mol. The van der Waals surface area contributed by atoms with Gasteiger partial charge in [-0.3, -0.25) is 14.5 Å². The Kier molecular flexibility index (Phi) is 5.02. The monoisotopic (exact) mass is 405 g/mol. The molecular weight excluding hydrogens is 386 g/mol. The van der Waals surface area contributed by atoms with Gasteiger partial charge in [0.05, 0.1) is 11.6 Å². The van der Waals surface area contributed by atoms with Crippen LogP contribution in [0.1, 0.15) is 18.4 Å². The fraction of sp³-hybridized carbons (Fsp3) is 0.300. The Hall–Kier alpha value is -4.00.